The van der Waals surface area contributed by atoms with Crippen molar-refractivity contribution < 1.29 is 11.2 Å². The van der Waals surface area contributed by atoms with E-state index in [0.717, 1.165) is 30.6 Å². The van der Waals surface area contributed by atoms with Gasteiger partial charge in [-0.1, -0.05) is 0 Å². The average molecular weight is 311 g/mol. The number of hydrogen-bond donors (Lipinski definition) is 0. The van der Waals surface area contributed by atoms with E-state index >= 15 is 0 Å². The first-order valence-electron chi connectivity index (χ1n) is 8.74. The number of hydrogen-bond acceptors (Lipinski definition) is 2. The molecule has 11 aliphatic rings. The van der Waals surface area contributed by atoms with Gasteiger partial charge in [0.15, 0.2) is 0 Å². The summed E-state index contributed by atoms with van der Waals surface area (Å²) < 4.78 is 6.46. The predicted molar refractivity (Wildman–Crippen MR) is 72.8 cm³/mol. The maximum absolute atomic E-state index is 5.53. The van der Waals surface area contributed by atoms with Crippen LogP contribution >= 0.6 is 0 Å². The average Bonchev–Trinajstić information content (AvgIpc) is 3.40. The van der Waals surface area contributed by atoms with Crippen LogP contribution in [0.3, 0.4) is 0 Å². The van der Waals surface area contributed by atoms with Crippen molar-refractivity contribution in [1.29, 1.82) is 0 Å². The van der Waals surface area contributed by atoms with Crippen LogP contribution in [0.15, 0.2) is 12.2 Å². The van der Waals surface area contributed by atoms with Crippen molar-refractivity contribution in [2.75, 3.05) is 32.8 Å². The van der Waals surface area contributed by atoms with Gasteiger partial charge in [0.05, 0.1) is 0 Å². The quantitative estimate of drug-likeness (QED) is 0.583. The molecule has 20 heavy (non-hydrogen) atoms. The third kappa shape index (κ3) is 0.100. The van der Waals surface area contributed by atoms with Crippen LogP contribution in [0, 0.1) is 0 Å². The van der Waals surface area contributed by atoms with Gasteiger partial charge in [-0.25, -0.2) is 0 Å². The number of rotatable bonds is 3. The van der Waals surface area contributed by atoms with Crippen molar-refractivity contribution in [3.8, 4) is 0 Å². The van der Waals surface area contributed by atoms with Crippen molar-refractivity contribution in [2.45, 2.75) is 47.7 Å². The fourth-order valence-corrected chi connectivity index (χ4v) is 92.9. The minimum absolute atomic E-state index is 0.928. The summed E-state index contributed by atoms with van der Waals surface area (Å²) in [7, 11) is 0. The zero-order chi connectivity index (χ0) is 12.4. The number of ether oxygens (including phenoxy) is 1. The van der Waals surface area contributed by atoms with Crippen LogP contribution in [0.5, 0.6) is 0 Å². The first-order chi connectivity index (χ1) is 9.54. The monoisotopic (exact) mass is 311 g/mol. The molecule has 0 N–H and O–H groups in total. The summed E-state index contributed by atoms with van der Waals surface area (Å²) in [6.45, 7) is 7.38. The maximum atomic E-state index is 5.53. The van der Waals surface area contributed by atoms with E-state index in [1.165, 1.54) is 49.9 Å². The second-order valence-corrected chi connectivity index (χ2v) is 35.7. The Bertz CT molecular complexity index is 987. The van der Waals surface area contributed by atoms with E-state index in [1.807, 2.05) is 0 Å². The van der Waals surface area contributed by atoms with E-state index in [0.29, 0.717) is 0 Å². The summed E-state index contributed by atoms with van der Waals surface area (Å²) in [4.78, 5) is 15.6. The van der Waals surface area contributed by atoms with Gasteiger partial charge < -0.3 is 0 Å². The van der Waals surface area contributed by atoms with E-state index in [9.17, 15) is 0 Å². The molecule has 1 spiro atoms. The Hall–Kier alpha value is 0.179. The molecule has 0 radical (unpaired) electrons. The molecule has 3 heteroatoms. The summed E-state index contributed by atoms with van der Waals surface area (Å²) in [5, 5.41) is 0. The van der Waals surface area contributed by atoms with Crippen LogP contribution in [-0.2, 0) is 11.2 Å². The minimum atomic E-state index is -2.89. The molecule has 11 rings (SSSR count). The third-order valence-electron chi connectivity index (χ3n) is 16.7. The normalized spacial score (nSPS) is 108. The van der Waals surface area contributed by atoms with Gasteiger partial charge in [-0.05, 0) is 0 Å². The second-order valence-electron chi connectivity index (χ2n) is 12.2. The molecule has 108 valence electrons. The van der Waals surface area contributed by atoms with Gasteiger partial charge >= 0.3 is 109 Å². The zero-order valence-corrected chi connectivity index (χ0v) is 12.8. The van der Waals surface area contributed by atoms with Crippen molar-refractivity contribution in [2.24, 2.45) is 0 Å². The molecular formula is C17H21FeNO. The van der Waals surface area contributed by atoms with Crippen LogP contribution in [-0.4, -0.2) is 37.7 Å². The molecule has 11 aliphatic heterocycles. The van der Waals surface area contributed by atoms with E-state index in [2.05, 4.69) is 4.90 Å². The standard InChI is InChI=1S/C12H16NO.C5H5.Fe/c1-11(12-4-2-3-5-12)10-13-6-8-14-9-7-13;1-2-4-5-3-1;/h2-5H,1,6-10H2;1-5H;. The van der Waals surface area contributed by atoms with Crippen molar-refractivity contribution in [1.82, 2.24) is 4.90 Å². The Balaban J connectivity index is 1.21. The fourth-order valence-electron chi connectivity index (χ4n) is 18.3. The van der Waals surface area contributed by atoms with E-state index in [-0.39, 0.29) is 0 Å². The molecule has 4 unspecified atom stereocenters. The molecule has 2 nitrogen and oxygen atoms in total. The van der Waals surface area contributed by atoms with Gasteiger partial charge in [-0.15, -0.1) is 0 Å². The van der Waals surface area contributed by atoms with E-state index in [1.54, 1.807) is 5.57 Å². The van der Waals surface area contributed by atoms with Crippen LogP contribution in [0.1, 0.15) is 0 Å². The molecule has 0 aromatic heterocycles. The van der Waals surface area contributed by atoms with Crippen LogP contribution in [0.2, 0.25) is 47.7 Å². The van der Waals surface area contributed by atoms with Gasteiger partial charge in [0, 0.05) is 0 Å². The summed E-state index contributed by atoms with van der Waals surface area (Å²) in [6, 6.07) is 0. The van der Waals surface area contributed by atoms with Gasteiger partial charge in [0.1, 0.15) is 0 Å². The first-order valence-corrected chi connectivity index (χ1v) is 15.0. The number of nitrogens with zero attached hydrogens (tertiary/aromatic N) is 1. The molecule has 0 saturated carbocycles. The van der Waals surface area contributed by atoms with E-state index in [4.69, 9.17) is 11.3 Å². The Morgan fingerprint density at radius 3 is 1.95 bits per heavy atom. The van der Waals surface area contributed by atoms with E-state index < -0.39 is 6.51 Å². The zero-order valence-electron chi connectivity index (χ0n) is 11.6. The molecule has 0 aliphatic carbocycles. The topological polar surface area (TPSA) is 12.5 Å². The van der Waals surface area contributed by atoms with Gasteiger partial charge in [-0.2, -0.15) is 0 Å². The Morgan fingerprint density at radius 1 is 1.00 bits per heavy atom. The third-order valence-corrected chi connectivity index (χ3v) is 59.2. The van der Waals surface area contributed by atoms with Gasteiger partial charge in [0.25, 0.3) is 0 Å². The van der Waals surface area contributed by atoms with Crippen LogP contribution < -0.4 is 0 Å². The van der Waals surface area contributed by atoms with Gasteiger partial charge in [-0.3, -0.25) is 0 Å². The molecule has 11 saturated heterocycles. The molecule has 0 amide bonds. The summed E-state index contributed by atoms with van der Waals surface area (Å²) in [6.07, 6.45) is 0. The molecular weight excluding hydrogens is 290 g/mol. The first kappa shape index (κ1) is 8.15. The molecule has 11 fully saturated rings. The second kappa shape index (κ2) is 0.779. The van der Waals surface area contributed by atoms with Crippen LogP contribution in [0.25, 0.3) is 0 Å². The summed E-state index contributed by atoms with van der Waals surface area (Å²) >= 11 is 0. The molecule has 0 aromatic carbocycles. The Labute approximate surface area is 109 Å². The molecule has 4 atom stereocenters. The molecule has 11 heterocycles. The van der Waals surface area contributed by atoms with Gasteiger partial charge in [0.2, 0.25) is 0 Å². The summed E-state index contributed by atoms with van der Waals surface area (Å²) in [5.41, 5.74) is 1.80. The van der Waals surface area contributed by atoms with Crippen molar-refractivity contribution in [3.05, 3.63) is 12.2 Å². The fraction of sp³-hybridized carbons (Fsp3) is 0.882. The van der Waals surface area contributed by atoms with Crippen molar-refractivity contribution in [3.63, 3.8) is 0 Å². The van der Waals surface area contributed by atoms with Crippen LogP contribution in [0.4, 0.5) is 0 Å². The Morgan fingerprint density at radius 2 is 1.55 bits per heavy atom. The molecule has 0 aromatic rings. The Kier molecular flexibility index (Phi) is 0.318. The number of fused-ring (bicyclic) bond motifs is 10. The molecule has 0 bridgehead atoms. The number of morpholine rings is 1. The van der Waals surface area contributed by atoms with Crippen molar-refractivity contribution >= 4 is 0 Å². The predicted octanol–water partition coefficient (Wildman–Crippen LogP) is 3.63. The SMILES string of the molecule is C=C(CN1CCOCC1)[C]12[CH]3[CH]4[CH]5[CH]1[Fe]45321678[CH]2[CH]1[CH]6[CH]7[CH]28. The summed E-state index contributed by atoms with van der Waals surface area (Å²) in [5.74, 6) is 0.